The predicted molar refractivity (Wildman–Crippen MR) is 54.7 cm³/mol. The number of hydrogen-bond acceptors (Lipinski definition) is 2. The van der Waals surface area contributed by atoms with E-state index in [9.17, 15) is 0 Å². The summed E-state index contributed by atoms with van der Waals surface area (Å²) in [5.41, 5.74) is 0. The summed E-state index contributed by atoms with van der Waals surface area (Å²) in [6.45, 7) is 7.00. The van der Waals surface area contributed by atoms with Crippen molar-refractivity contribution in [2.75, 3.05) is 13.1 Å². The van der Waals surface area contributed by atoms with Crippen LogP contribution in [0.1, 0.15) is 26.7 Å². The van der Waals surface area contributed by atoms with Gasteiger partial charge in [0.15, 0.2) is 0 Å². The van der Waals surface area contributed by atoms with Crippen molar-refractivity contribution in [2.45, 2.75) is 26.7 Å². The number of nitrogens with zero attached hydrogens (tertiary/aromatic N) is 1. The minimum absolute atomic E-state index is 0. The first-order valence-electron chi connectivity index (χ1n) is 4.01. The molecular formula is C7H14INS2Se. The molecule has 0 N–H and O–H groups in total. The molecule has 1 nitrogen and oxygen atoms in total. The van der Waals surface area contributed by atoms with Crippen LogP contribution in [0.25, 0.3) is 0 Å². The quantitative estimate of drug-likeness (QED) is 0.338. The van der Waals surface area contributed by atoms with Gasteiger partial charge >= 0.3 is 80.0 Å². The molecule has 1 aromatic rings. The Balaban J connectivity index is 0.00000121. The zero-order chi connectivity index (χ0) is 8.10. The summed E-state index contributed by atoms with van der Waals surface area (Å²) in [6.07, 6.45) is 2.55. The van der Waals surface area contributed by atoms with Crippen LogP contribution in [0, 0.1) is 0 Å². The first kappa shape index (κ1) is 13.4. The van der Waals surface area contributed by atoms with Crippen LogP contribution < -0.4 is 32.5 Å². The van der Waals surface area contributed by atoms with E-state index in [1.807, 2.05) is 0 Å². The fourth-order valence-electron chi connectivity index (χ4n) is 1.00. The van der Waals surface area contributed by atoms with Gasteiger partial charge in [-0.15, -0.1) is 0 Å². The molecule has 0 fully saturated rings. The van der Waals surface area contributed by atoms with Gasteiger partial charge in [0, 0.05) is 0 Å². The zero-order valence-electron chi connectivity index (χ0n) is 7.38. The fraction of sp³-hybridized carbons (Fsp3) is 0.857. The summed E-state index contributed by atoms with van der Waals surface area (Å²) in [4.78, 5) is 0. The van der Waals surface area contributed by atoms with Gasteiger partial charge in [-0.05, 0) is 0 Å². The van der Waals surface area contributed by atoms with Crippen molar-refractivity contribution in [3.8, 4) is 0 Å². The number of rotatable bonds is 4. The van der Waals surface area contributed by atoms with Crippen molar-refractivity contribution in [1.82, 2.24) is 4.58 Å². The van der Waals surface area contributed by atoms with E-state index < -0.39 is 0 Å². The molecule has 1 heterocycles. The maximum Gasteiger partial charge on any atom is -1.00 e. The number of hydrogen-bond donors (Lipinski definition) is 0. The van der Waals surface area contributed by atoms with E-state index in [4.69, 9.17) is 0 Å². The molecule has 0 atom stereocenters. The van der Waals surface area contributed by atoms with Crippen molar-refractivity contribution >= 4 is 31.6 Å². The van der Waals surface area contributed by atoms with E-state index in [0.717, 1.165) is 12.2 Å². The summed E-state index contributed by atoms with van der Waals surface area (Å²) < 4.78 is 4.11. The first-order chi connectivity index (χ1) is 5.38. The Morgan fingerprint density at radius 1 is 1.17 bits per heavy atom. The molecule has 0 aliphatic rings. The average molecular weight is 382 g/mol. The monoisotopic (exact) mass is 383 g/mol. The third kappa shape index (κ3) is 4.05. The molecule has 0 spiro atoms. The summed E-state index contributed by atoms with van der Waals surface area (Å²) in [5, 5.41) is 0. The van der Waals surface area contributed by atoms with Crippen LogP contribution in [-0.4, -0.2) is 25.3 Å². The Kier molecular flexibility index (Phi) is 8.61. The van der Waals surface area contributed by atoms with E-state index in [2.05, 4.69) is 37.9 Å². The van der Waals surface area contributed by atoms with E-state index in [1.165, 1.54) is 25.9 Å². The predicted octanol–water partition coefficient (Wildman–Crippen LogP) is -1.54. The molecule has 0 aromatic carbocycles. The Morgan fingerprint density at radius 3 is 1.92 bits per heavy atom. The van der Waals surface area contributed by atoms with E-state index in [1.54, 1.807) is 3.98 Å². The van der Waals surface area contributed by atoms with Crippen LogP contribution in [0.4, 0.5) is 0 Å². The van der Waals surface area contributed by atoms with Gasteiger partial charge in [0.2, 0.25) is 0 Å². The van der Waals surface area contributed by atoms with E-state index in [-0.39, 0.29) is 24.0 Å². The summed E-state index contributed by atoms with van der Waals surface area (Å²) in [6, 6.07) is 0. The molecule has 0 aliphatic carbocycles. The minimum atomic E-state index is 0. The second-order valence-corrected chi connectivity index (χ2v) is 9.06. The molecule has 1 aromatic heterocycles. The molecule has 0 aliphatic heterocycles. The van der Waals surface area contributed by atoms with Crippen LogP contribution in [-0.2, 0) is 0 Å². The number of halogens is 1. The molecular weight excluding hydrogens is 368 g/mol. The van der Waals surface area contributed by atoms with Crippen LogP contribution in [0.15, 0.2) is 0 Å². The van der Waals surface area contributed by atoms with Gasteiger partial charge in [-0.25, -0.2) is 0 Å². The van der Waals surface area contributed by atoms with E-state index in [0.29, 0.717) is 0 Å². The zero-order valence-corrected chi connectivity index (χ0v) is 12.9. The second-order valence-electron chi connectivity index (χ2n) is 2.49. The molecule has 0 bridgehead atoms. The SMILES string of the molecule is CCC[N+](CCC)=c1s[se]s1.[I-]. The van der Waals surface area contributed by atoms with Crippen LogP contribution >= 0.6 is 19.4 Å². The van der Waals surface area contributed by atoms with Crippen LogP contribution in [0.2, 0.25) is 0 Å². The standard InChI is InChI=1S/C7H14NS2Se.HI/c1-3-5-8(6-4-2)7-9-11-10-7;/h3-6H2,1-2H3;1H/q+1;/p-1. The molecule has 12 heavy (non-hydrogen) atoms. The molecule has 5 heteroatoms. The van der Waals surface area contributed by atoms with Crippen molar-refractivity contribution in [2.24, 2.45) is 0 Å². The maximum atomic E-state index is 2.53. The molecule has 72 valence electrons. The summed E-state index contributed by atoms with van der Waals surface area (Å²) >= 11 is 0.801. The van der Waals surface area contributed by atoms with Gasteiger partial charge < -0.3 is 24.0 Å². The topological polar surface area (TPSA) is 3.01 Å². The molecule has 0 radical (unpaired) electrons. The molecule has 0 unspecified atom stereocenters. The minimum Gasteiger partial charge on any atom is -1.00 e. The Bertz CT molecular complexity index is 230. The largest absolute Gasteiger partial charge is 1.00 e. The van der Waals surface area contributed by atoms with E-state index >= 15 is 0 Å². The first-order valence-corrected chi connectivity index (χ1v) is 9.69. The molecule has 1 rings (SSSR count). The normalized spacial score (nSPS) is 9.50. The van der Waals surface area contributed by atoms with Gasteiger partial charge in [-0.3, -0.25) is 0 Å². The Labute approximate surface area is 103 Å². The van der Waals surface area contributed by atoms with Crippen molar-refractivity contribution in [3.05, 3.63) is 3.98 Å². The van der Waals surface area contributed by atoms with Gasteiger partial charge in [0.25, 0.3) is 0 Å². The molecule has 0 saturated carbocycles. The third-order valence-corrected chi connectivity index (χ3v) is 9.29. The maximum absolute atomic E-state index is 2.53. The van der Waals surface area contributed by atoms with Crippen molar-refractivity contribution < 1.29 is 24.0 Å². The summed E-state index contributed by atoms with van der Waals surface area (Å²) in [5.74, 6) is 0. The molecule has 0 saturated heterocycles. The molecule has 0 amide bonds. The smallest absolute Gasteiger partial charge is 1.00 e. The third-order valence-electron chi connectivity index (χ3n) is 1.46. The summed E-state index contributed by atoms with van der Waals surface area (Å²) in [7, 11) is 4.12. The van der Waals surface area contributed by atoms with Crippen LogP contribution in [0.3, 0.4) is 0 Å². The second kappa shape index (κ2) is 7.73. The van der Waals surface area contributed by atoms with Gasteiger partial charge in [-0.1, -0.05) is 0 Å². The Morgan fingerprint density at radius 2 is 1.67 bits per heavy atom. The van der Waals surface area contributed by atoms with Crippen LogP contribution in [0.5, 0.6) is 0 Å². The fourth-order valence-corrected chi connectivity index (χ4v) is 5.86. The average Bonchev–Trinajstić information content (AvgIpc) is 1.85. The van der Waals surface area contributed by atoms with Gasteiger partial charge in [0.05, 0.1) is 0 Å². The Hall–Kier alpha value is 1.36. The van der Waals surface area contributed by atoms with Crippen molar-refractivity contribution in [1.29, 1.82) is 0 Å². The van der Waals surface area contributed by atoms with Gasteiger partial charge in [-0.2, -0.15) is 0 Å². The van der Waals surface area contributed by atoms with Gasteiger partial charge in [0.1, 0.15) is 0 Å². The van der Waals surface area contributed by atoms with Crippen molar-refractivity contribution in [3.63, 3.8) is 0 Å².